The van der Waals surface area contributed by atoms with Crippen LogP contribution in [-0.4, -0.2) is 30.4 Å². The smallest absolute Gasteiger partial charge is 0.306 e. The molecule has 2 N–H and O–H groups in total. The first-order chi connectivity index (χ1) is 11.9. The molecule has 8 heteroatoms. The van der Waals surface area contributed by atoms with Gasteiger partial charge in [-0.1, -0.05) is 17.7 Å². The summed E-state index contributed by atoms with van der Waals surface area (Å²) in [5.41, 5.74) is -0.200. The molecule has 0 amide bonds. The first-order valence-electron chi connectivity index (χ1n) is 7.27. The highest BCUT2D eigenvalue weighted by Crippen LogP contribution is 2.36. The number of carbonyl (C=O) groups excluding carboxylic acids is 1. The van der Waals surface area contributed by atoms with Gasteiger partial charge in [0.1, 0.15) is 18.1 Å². The maximum atomic E-state index is 12.0. The summed E-state index contributed by atoms with van der Waals surface area (Å²) in [5.74, 6) is -2.07. The third-order valence-corrected chi connectivity index (χ3v) is 3.88. The van der Waals surface area contributed by atoms with Crippen molar-refractivity contribution in [2.45, 2.75) is 18.9 Å². The second-order valence-corrected chi connectivity index (χ2v) is 5.67. The lowest BCUT2D eigenvalue weighted by molar-refractivity contribution is -0.140. The van der Waals surface area contributed by atoms with E-state index in [-0.39, 0.29) is 35.3 Å². The van der Waals surface area contributed by atoms with Gasteiger partial charge in [0.15, 0.2) is 5.76 Å². The Hall–Kier alpha value is -2.51. The summed E-state index contributed by atoms with van der Waals surface area (Å²) in [6.45, 7) is 0.0177. The summed E-state index contributed by atoms with van der Waals surface area (Å²) in [7, 11) is 2.65. The SMILES string of the molecule is COCc1cc(=O)c(O)c(C(CC(=O)OC)c2ccc(O)c(Cl)c2)o1. The van der Waals surface area contributed by atoms with Gasteiger partial charge in [-0.3, -0.25) is 9.59 Å². The van der Waals surface area contributed by atoms with E-state index in [4.69, 9.17) is 20.8 Å². The van der Waals surface area contributed by atoms with Crippen molar-refractivity contribution in [2.75, 3.05) is 14.2 Å². The lowest BCUT2D eigenvalue weighted by Gasteiger charge is -2.18. The van der Waals surface area contributed by atoms with Crippen LogP contribution in [0.3, 0.4) is 0 Å². The molecule has 0 aliphatic heterocycles. The van der Waals surface area contributed by atoms with Crippen molar-refractivity contribution >= 4 is 17.6 Å². The molecule has 2 rings (SSSR count). The van der Waals surface area contributed by atoms with E-state index in [9.17, 15) is 19.8 Å². The van der Waals surface area contributed by atoms with Crippen LogP contribution >= 0.6 is 11.6 Å². The van der Waals surface area contributed by atoms with Gasteiger partial charge in [-0.15, -0.1) is 0 Å². The number of ether oxygens (including phenoxy) is 2. The Morgan fingerprint density at radius 1 is 1.28 bits per heavy atom. The minimum atomic E-state index is -0.838. The van der Waals surface area contributed by atoms with Gasteiger partial charge in [0.05, 0.1) is 24.5 Å². The van der Waals surface area contributed by atoms with Crippen molar-refractivity contribution in [2.24, 2.45) is 0 Å². The Labute approximate surface area is 148 Å². The van der Waals surface area contributed by atoms with Crippen LogP contribution in [0.4, 0.5) is 0 Å². The quantitative estimate of drug-likeness (QED) is 0.754. The van der Waals surface area contributed by atoms with Gasteiger partial charge in [0, 0.05) is 13.2 Å². The molecule has 1 atom stereocenters. The summed E-state index contributed by atoms with van der Waals surface area (Å²) < 4.78 is 15.2. The zero-order chi connectivity index (χ0) is 18.6. The normalized spacial score (nSPS) is 12.0. The van der Waals surface area contributed by atoms with Gasteiger partial charge in [0.2, 0.25) is 11.2 Å². The maximum absolute atomic E-state index is 12.0. The van der Waals surface area contributed by atoms with Gasteiger partial charge in [0.25, 0.3) is 0 Å². The molecular weight excluding hydrogens is 352 g/mol. The fourth-order valence-electron chi connectivity index (χ4n) is 2.36. The van der Waals surface area contributed by atoms with Crippen molar-refractivity contribution in [1.29, 1.82) is 0 Å². The number of phenolic OH excluding ortho intramolecular Hbond substituents is 1. The van der Waals surface area contributed by atoms with E-state index in [1.165, 1.54) is 32.4 Å². The van der Waals surface area contributed by atoms with Crippen LogP contribution in [0.5, 0.6) is 11.5 Å². The zero-order valence-electron chi connectivity index (χ0n) is 13.6. The molecule has 134 valence electrons. The molecule has 0 saturated heterocycles. The molecule has 7 nitrogen and oxygen atoms in total. The molecule has 0 aliphatic carbocycles. The van der Waals surface area contributed by atoms with E-state index in [0.717, 1.165) is 6.07 Å². The zero-order valence-corrected chi connectivity index (χ0v) is 14.4. The molecule has 1 heterocycles. The van der Waals surface area contributed by atoms with E-state index in [1.54, 1.807) is 0 Å². The number of hydrogen-bond acceptors (Lipinski definition) is 7. The number of halogens is 1. The molecule has 0 saturated carbocycles. The Kier molecular flexibility index (Phi) is 6.06. The highest BCUT2D eigenvalue weighted by Gasteiger charge is 2.27. The summed E-state index contributed by atoms with van der Waals surface area (Å²) in [6.07, 6.45) is -0.204. The third-order valence-electron chi connectivity index (χ3n) is 3.58. The monoisotopic (exact) mass is 368 g/mol. The molecule has 0 radical (unpaired) electrons. The minimum Gasteiger partial charge on any atom is -0.506 e. The van der Waals surface area contributed by atoms with Crippen LogP contribution in [0, 0.1) is 0 Å². The van der Waals surface area contributed by atoms with E-state index in [1.807, 2.05) is 0 Å². The van der Waals surface area contributed by atoms with Crippen LogP contribution in [0.2, 0.25) is 5.02 Å². The van der Waals surface area contributed by atoms with Gasteiger partial charge in [-0.05, 0) is 17.7 Å². The average molecular weight is 369 g/mol. The molecule has 0 fully saturated rings. The number of esters is 1. The molecular formula is C17H17ClO7. The molecule has 0 spiro atoms. The van der Waals surface area contributed by atoms with Crippen molar-refractivity contribution in [1.82, 2.24) is 0 Å². The lowest BCUT2D eigenvalue weighted by atomic mass is 9.92. The minimum absolute atomic E-state index is 0.0177. The predicted molar refractivity (Wildman–Crippen MR) is 88.9 cm³/mol. The Morgan fingerprint density at radius 2 is 2.00 bits per heavy atom. The first kappa shape index (κ1) is 18.8. The van der Waals surface area contributed by atoms with E-state index >= 15 is 0 Å². The lowest BCUT2D eigenvalue weighted by Crippen LogP contribution is -2.14. The van der Waals surface area contributed by atoms with Gasteiger partial charge in [-0.25, -0.2) is 0 Å². The fraction of sp³-hybridized carbons (Fsp3) is 0.294. The second-order valence-electron chi connectivity index (χ2n) is 5.27. The third kappa shape index (κ3) is 4.32. The Balaban J connectivity index is 2.61. The summed E-state index contributed by atoms with van der Waals surface area (Å²) in [4.78, 5) is 23.8. The van der Waals surface area contributed by atoms with Crippen molar-refractivity contribution in [3.8, 4) is 11.5 Å². The fourth-order valence-corrected chi connectivity index (χ4v) is 2.55. The van der Waals surface area contributed by atoms with E-state index in [2.05, 4.69) is 4.74 Å². The van der Waals surface area contributed by atoms with Gasteiger partial charge >= 0.3 is 5.97 Å². The number of rotatable bonds is 6. The average Bonchev–Trinajstić information content (AvgIpc) is 2.58. The molecule has 1 unspecified atom stereocenters. The number of phenols is 1. The summed E-state index contributed by atoms with van der Waals surface area (Å²) in [5, 5.41) is 19.8. The number of carbonyl (C=O) groups is 1. The van der Waals surface area contributed by atoms with E-state index in [0.29, 0.717) is 5.56 Å². The topological polar surface area (TPSA) is 106 Å². The van der Waals surface area contributed by atoms with Crippen molar-refractivity contribution in [3.63, 3.8) is 0 Å². The van der Waals surface area contributed by atoms with Crippen molar-refractivity contribution < 1.29 is 28.9 Å². The highest BCUT2D eigenvalue weighted by molar-refractivity contribution is 6.32. The van der Waals surface area contributed by atoms with E-state index < -0.39 is 23.1 Å². The number of hydrogen-bond donors (Lipinski definition) is 2. The summed E-state index contributed by atoms with van der Waals surface area (Å²) >= 11 is 5.93. The molecule has 1 aromatic heterocycles. The molecule has 2 aromatic rings. The molecule has 1 aromatic carbocycles. The molecule has 0 aliphatic rings. The Morgan fingerprint density at radius 3 is 2.60 bits per heavy atom. The first-order valence-corrected chi connectivity index (χ1v) is 7.65. The van der Waals surface area contributed by atoms with Crippen LogP contribution < -0.4 is 5.43 Å². The van der Waals surface area contributed by atoms with Gasteiger partial charge in [-0.2, -0.15) is 0 Å². The van der Waals surface area contributed by atoms with Crippen LogP contribution in [0.25, 0.3) is 0 Å². The number of benzene rings is 1. The summed E-state index contributed by atoms with van der Waals surface area (Å²) in [6, 6.07) is 5.39. The maximum Gasteiger partial charge on any atom is 0.306 e. The molecule has 0 bridgehead atoms. The second kappa shape index (κ2) is 8.04. The van der Waals surface area contributed by atoms with Gasteiger partial charge < -0.3 is 24.1 Å². The van der Waals surface area contributed by atoms with Crippen LogP contribution in [0.15, 0.2) is 33.5 Å². The van der Waals surface area contributed by atoms with Crippen LogP contribution in [0.1, 0.15) is 29.4 Å². The standard InChI is InChI=1S/C17H17ClO7/c1-23-8-10-6-14(20)16(22)17(25-10)11(7-15(21)24-2)9-3-4-13(19)12(18)5-9/h3-6,11,19,22H,7-8H2,1-2H3. The van der Waals surface area contributed by atoms with Crippen molar-refractivity contribution in [3.05, 3.63) is 56.6 Å². The largest absolute Gasteiger partial charge is 0.506 e. The highest BCUT2D eigenvalue weighted by atomic mass is 35.5. The number of aromatic hydroxyl groups is 2. The van der Waals surface area contributed by atoms with Crippen LogP contribution in [-0.2, 0) is 20.9 Å². The number of methoxy groups -OCH3 is 2. The predicted octanol–water partition coefficient (Wildman–Crippen LogP) is 2.55. The Bertz CT molecular complexity index is 828. The molecule has 25 heavy (non-hydrogen) atoms.